The molecule has 4 heteroatoms. The standard InChI is InChI=1S/C11H14N4/c1-15-10-4-6-12-7-9(10)14-11(15)8-3-2-5-13-8/h4,6-8,13H,2-3,5H2,1H3. The number of imidazole rings is 1. The lowest BCUT2D eigenvalue weighted by Crippen LogP contribution is -2.16. The Morgan fingerprint density at radius 3 is 3.20 bits per heavy atom. The number of nitrogens with zero attached hydrogens (tertiary/aromatic N) is 3. The number of aryl methyl sites for hydroxylation is 1. The van der Waals surface area contributed by atoms with Crippen LogP contribution in [0.25, 0.3) is 11.0 Å². The Balaban J connectivity index is 2.14. The Kier molecular flexibility index (Phi) is 1.95. The zero-order chi connectivity index (χ0) is 10.3. The molecule has 2 aromatic heterocycles. The molecule has 0 bridgehead atoms. The molecule has 0 aliphatic carbocycles. The molecule has 1 atom stereocenters. The summed E-state index contributed by atoms with van der Waals surface area (Å²) in [4.78, 5) is 8.73. The molecule has 0 amide bonds. The van der Waals surface area contributed by atoms with Crippen molar-refractivity contribution in [2.45, 2.75) is 18.9 Å². The molecule has 3 rings (SSSR count). The smallest absolute Gasteiger partial charge is 0.126 e. The Morgan fingerprint density at radius 2 is 2.47 bits per heavy atom. The van der Waals surface area contributed by atoms with Gasteiger partial charge in [0.2, 0.25) is 0 Å². The summed E-state index contributed by atoms with van der Waals surface area (Å²) < 4.78 is 2.17. The summed E-state index contributed by atoms with van der Waals surface area (Å²) in [6.45, 7) is 1.10. The number of hydrogen-bond acceptors (Lipinski definition) is 3. The molecule has 0 radical (unpaired) electrons. The van der Waals surface area contributed by atoms with Crippen LogP contribution in [-0.2, 0) is 7.05 Å². The van der Waals surface area contributed by atoms with Gasteiger partial charge in [-0.25, -0.2) is 4.98 Å². The second kappa shape index (κ2) is 3.31. The largest absolute Gasteiger partial charge is 0.330 e. The first-order valence-electron chi connectivity index (χ1n) is 5.36. The molecule has 2 aromatic rings. The van der Waals surface area contributed by atoms with Gasteiger partial charge in [0.1, 0.15) is 11.3 Å². The van der Waals surface area contributed by atoms with Gasteiger partial charge in [0.25, 0.3) is 0 Å². The van der Waals surface area contributed by atoms with Crippen molar-refractivity contribution in [1.29, 1.82) is 0 Å². The quantitative estimate of drug-likeness (QED) is 0.760. The van der Waals surface area contributed by atoms with E-state index in [-0.39, 0.29) is 0 Å². The van der Waals surface area contributed by atoms with E-state index in [1.54, 1.807) is 0 Å². The third-order valence-electron chi connectivity index (χ3n) is 3.09. The van der Waals surface area contributed by atoms with Crippen LogP contribution in [0.4, 0.5) is 0 Å². The Morgan fingerprint density at radius 1 is 1.53 bits per heavy atom. The summed E-state index contributed by atoms with van der Waals surface area (Å²) in [7, 11) is 2.07. The molecule has 0 saturated carbocycles. The van der Waals surface area contributed by atoms with Gasteiger partial charge in [-0.15, -0.1) is 0 Å². The fourth-order valence-electron chi connectivity index (χ4n) is 2.29. The van der Waals surface area contributed by atoms with Crippen LogP contribution in [0, 0.1) is 0 Å². The van der Waals surface area contributed by atoms with Gasteiger partial charge in [0.05, 0.1) is 17.8 Å². The molecule has 0 aromatic carbocycles. The van der Waals surface area contributed by atoms with E-state index in [1.807, 2.05) is 18.5 Å². The fraction of sp³-hybridized carbons (Fsp3) is 0.455. The van der Waals surface area contributed by atoms with Crippen LogP contribution in [0.5, 0.6) is 0 Å². The third-order valence-corrected chi connectivity index (χ3v) is 3.09. The summed E-state index contributed by atoms with van der Waals surface area (Å²) in [6.07, 6.45) is 6.07. The molecule has 1 saturated heterocycles. The van der Waals surface area contributed by atoms with E-state index >= 15 is 0 Å². The first-order chi connectivity index (χ1) is 7.36. The predicted octanol–water partition coefficient (Wildman–Crippen LogP) is 1.39. The SMILES string of the molecule is Cn1c(C2CCCN2)nc2cnccc21. The van der Waals surface area contributed by atoms with Crippen molar-refractivity contribution in [2.75, 3.05) is 6.54 Å². The topological polar surface area (TPSA) is 42.7 Å². The van der Waals surface area contributed by atoms with Crippen molar-refractivity contribution in [3.8, 4) is 0 Å². The maximum atomic E-state index is 4.63. The lowest BCUT2D eigenvalue weighted by atomic mass is 10.2. The first kappa shape index (κ1) is 8.85. The highest BCUT2D eigenvalue weighted by molar-refractivity contribution is 5.74. The van der Waals surface area contributed by atoms with Gasteiger partial charge < -0.3 is 9.88 Å². The van der Waals surface area contributed by atoms with E-state index in [0.717, 1.165) is 23.4 Å². The van der Waals surface area contributed by atoms with Gasteiger partial charge in [-0.1, -0.05) is 0 Å². The minimum atomic E-state index is 0.419. The number of nitrogens with one attached hydrogen (secondary N) is 1. The zero-order valence-electron chi connectivity index (χ0n) is 8.77. The number of aromatic nitrogens is 3. The predicted molar refractivity (Wildman–Crippen MR) is 58.5 cm³/mol. The lowest BCUT2D eigenvalue weighted by Gasteiger charge is -2.09. The Labute approximate surface area is 88.3 Å². The molecular weight excluding hydrogens is 188 g/mol. The average molecular weight is 202 g/mol. The van der Waals surface area contributed by atoms with E-state index in [9.17, 15) is 0 Å². The minimum Gasteiger partial charge on any atom is -0.330 e. The molecule has 1 N–H and O–H groups in total. The minimum absolute atomic E-state index is 0.419. The maximum absolute atomic E-state index is 4.63. The van der Waals surface area contributed by atoms with Crippen LogP contribution < -0.4 is 5.32 Å². The van der Waals surface area contributed by atoms with Crippen LogP contribution >= 0.6 is 0 Å². The average Bonchev–Trinajstić information content (AvgIpc) is 2.87. The molecule has 15 heavy (non-hydrogen) atoms. The third kappa shape index (κ3) is 1.33. The van der Waals surface area contributed by atoms with E-state index in [2.05, 4.69) is 26.9 Å². The zero-order valence-corrected chi connectivity index (χ0v) is 8.77. The van der Waals surface area contributed by atoms with Crippen LogP contribution in [-0.4, -0.2) is 21.1 Å². The molecule has 1 fully saturated rings. The second-order valence-corrected chi connectivity index (χ2v) is 4.04. The van der Waals surface area contributed by atoms with Crippen molar-refractivity contribution < 1.29 is 0 Å². The summed E-state index contributed by atoms with van der Waals surface area (Å²) in [5.41, 5.74) is 2.15. The van der Waals surface area contributed by atoms with E-state index in [1.165, 1.54) is 12.8 Å². The summed E-state index contributed by atoms with van der Waals surface area (Å²) in [5.74, 6) is 1.13. The number of fused-ring (bicyclic) bond motifs is 1. The van der Waals surface area contributed by atoms with Crippen molar-refractivity contribution in [1.82, 2.24) is 19.9 Å². The fourth-order valence-corrected chi connectivity index (χ4v) is 2.29. The highest BCUT2D eigenvalue weighted by Crippen LogP contribution is 2.24. The van der Waals surface area contributed by atoms with E-state index in [4.69, 9.17) is 0 Å². The number of hydrogen-bond donors (Lipinski definition) is 1. The molecule has 4 nitrogen and oxygen atoms in total. The maximum Gasteiger partial charge on any atom is 0.126 e. The van der Waals surface area contributed by atoms with Crippen molar-refractivity contribution in [3.05, 3.63) is 24.3 Å². The van der Waals surface area contributed by atoms with Gasteiger partial charge in [-0.2, -0.15) is 0 Å². The van der Waals surface area contributed by atoms with Crippen LogP contribution in [0.15, 0.2) is 18.5 Å². The Hall–Kier alpha value is -1.42. The molecule has 78 valence electrons. The number of rotatable bonds is 1. The van der Waals surface area contributed by atoms with Crippen molar-refractivity contribution in [2.24, 2.45) is 7.05 Å². The van der Waals surface area contributed by atoms with Crippen molar-refractivity contribution in [3.63, 3.8) is 0 Å². The summed E-state index contributed by atoms with van der Waals surface area (Å²) in [6, 6.07) is 2.43. The van der Waals surface area contributed by atoms with Crippen LogP contribution in [0.2, 0.25) is 0 Å². The lowest BCUT2D eigenvalue weighted by molar-refractivity contribution is 0.584. The molecular formula is C11H14N4. The monoisotopic (exact) mass is 202 g/mol. The first-order valence-corrected chi connectivity index (χ1v) is 5.36. The van der Waals surface area contributed by atoms with Crippen molar-refractivity contribution >= 4 is 11.0 Å². The van der Waals surface area contributed by atoms with Gasteiger partial charge in [0.15, 0.2) is 0 Å². The Bertz CT molecular complexity index is 482. The van der Waals surface area contributed by atoms with Crippen LogP contribution in [0.1, 0.15) is 24.7 Å². The molecule has 1 aliphatic rings. The second-order valence-electron chi connectivity index (χ2n) is 4.04. The highest BCUT2D eigenvalue weighted by atomic mass is 15.1. The molecule has 0 spiro atoms. The van der Waals surface area contributed by atoms with Crippen LogP contribution in [0.3, 0.4) is 0 Å². The molecule has 1 aliphatic heterocycles. The van der Waals surface area contributed by atoms with Gasteiger partial charge in [0, 0.05) is 13.2 Å². The number of pyridine rings is 1. The molecule has 3 heterocycles. The summed E-state index contributed by atoms with van der Waals surface area (Å²) in [5, 5.41) is 3.47. The normalized spacial score (nSPS) is 21.3. The van der Waals surface area contributed by atoms with E-state index in [0.29, 0.717) is 6.04 Å². The summed E-state index contributed by atoms with van der Waals surface area (Å²) >= 11 is 0. The highest BCUT2D eigenvalue weighted by Gasteiger charge is 2.21. The van der Waals surface area contributed by atoms with Gasteiger partial charge in [-0.05, 0) is 25.5 Å². The van der Waals surface area contributed by atoms with E-state index < -0.39 is 0 Å². The molecule has 1 unspecified atom stereocenters. The van der Waals surface area contributed by atoms with Gasteiger partial charge in [-0.3, -0.25) is 4.98 Å². The van der Waals surface area contributed by atoms with Gasteiger partial charge >= 0.3 is 0 Å².